The minimum Gasteiger partial charge on any atom is -0.494 e. The number of hydrogen-bond acceptors (Lipinski definition) is 2. The number of nitrogens with one attached hydrogen (secondary N) is 1. The summed E-state index contributed by atoms with van der Waals surface area (Å²) in [5.41, 5.74) is 2.06. The first-order valence-electron chi connectivity index (χ1n) is 6.49. The molecule has 0 saturated heterocycles. The van der Waals surface area contributed by atoms with Crippen LogP contribution in [0.4, 0.5) is 0 Å². The van der Waals surface area contributed by atoms with E-state index in [1.54, 1.807) is 24.3 Å². The fourth-order valence-electron chi connectivity index (χ4n) is 1.79. The Morgan fingerprint density at radius 2 is 1.70 bits per heavy atom. The van der Waals surface area contributed by atoms with Gasteiger partial charge in [-0.3, -0.25) is 4.79 Å². The molecule has 1 amide bonds. The molecular weight excluding hydrogens is 250 g/mol. The number of rotatable bonds is 5. The van der Waals surface area contributed by atoms with E-state index in [0.29, 0.717) is 17.9 Å². The molecular formula is C17H17NO2. The Labute approximate surface area is 118 Å². The molecule has 0 saturated carbocycles. The second-order valence-corrected chi connectivity index (χ2v) is 4.26. The topological polar surface area (TPSA) is 38.3 Å². The van der Waals surface area contributed by atoms with Crippen LogP contribution in [0, 0.1) is 0 Å². The van der Waals surface area contributed by atoms with Gasteiger partial charge >= 0.3 is 0 Å². The first-order valence-corrected chi connectivity index (χ1v) is 6.49. The Bertz CT molecular complexity index is 588. The summed E-state index contributed by atoms with van der Waals surface area (Å²) in [5, 5.41) is 2.79. The highest BCUT2D eigenvalue weighted by Crippen LogP contribution is 2.14. The highest BCUT2D eigenvalue weighted by Gasteiger charge is 2.07. The third-order valence-corrected chi connectivity index (χ3v) is 2.81. The van der Waals surface area contributed by atoms with E-state index in [9.17, 15) is 4.79 Å². The van der Waals surface area contributed by atoms with Crippen LogP contribution in [0.25, 0.3) is 5.70 Å². The summed E-state index contributed by atoms with van der Waals surface area (Å²) >= 11 is 0. The average Bonchev–Trinajstić information content (AvgIpc) is 2.49. The third-order valence-electron chi connectivity index (χ3n) is 2.81. The molecule has 102 valence electrons. The van der Waals surface area contributed by atoms with Crippen molar-refractivity contribution in [3.63, 3.8) is 0 Å². The first kappa shape index (κ1) is 13.9. The second kappa shape index (κ2) is 6.57. The molecule has 0 heterocycles. The van der Waals surface area contributed by atoms with Gasteiger partial charge in [0, 0.05) is 11.3 Å². The van der Waals surface area contributed by atoms with Gasteiger partial charge in [-0.1, -0.05) is 36.9 Å². The fraction of sp³-hybridized carbons (Fsp3) is 0.118. The van der Waals surface area contributed by atoms with Crippen LogP contribution in [0.3, 0.4) is 0 Å². The van der Waals surface area contributed by atoms with E-state index in [1.165, 1.54) is 0 Å². The van der Waals surface area contributed by atoms with Crippen LogP contribution in [0.1, 0.15) is 22.8 Å². The Morgan fingerprint density at radius 3 is 2.30 bits per heavy atom. The summed E-state index contributed by atoms with van der Waals surface area (Å²) in [6.07, 6.45) is 0. The molecule has 2 aromatic rings. The summed E-state index contributed by atoms with van der Waals surface area (Å²) in [6, 6.07) is 16.6. The molecule has 0 aliphatic carbocycles. The fourth-order valence-corrected chi connectivity index (χ4v) is 1.79. The minimum absolute atomic E-state index is 0.179. The lowest BCUT2D eigenvalue weighted by atomic mass is 10.1. The van der Waals surface area contributed by atoms with Crippen LogP contribution in [0.2, 0.25) is 0 Å². The van der Waals surface area contributed by atoms with Gasteiger partial charge < -0.3 is 10.1 Å². The summed E-state index contributed by atoms with van der Waals surface area (Å²) in [6.45, 7) is 6.41. The van der Waals surface area contributed by atoms with E-state index >= 15 is 0 Å². The lowest BCUT2D eigenvalue weighted by molar-refractivity contribution is 0.0974. The summed E-state index contributed by atoms with van der Waals surface area (Å²) in [5.74, 6) is 0.577. The van der Waals surface area contributed by atoms with Crippen molar-refractivity contribution >= 4 is 11.6 Å². The van der Waals surface area contributed by atoms with Gasteiger partial charge in [0.15, 0.2) is 0 Å². The van der Waals surface area contributed by atoms with Crippen LogP contribution >= 0.6 is 0 Å². The van der Waals surface area contributed by atoms with Gasteiger partial charge in [-0.25, -0.2) is 0 Å². The van der Waals surface area contributed by atoms with Crippen LogP contribution in [-0.4, -0.2) is 12.5 Å². The zero-order valence-electron chi connectivity index (χ0n) is 11.4. The van der Waals surface area contributed by atoms with Gasteiger partial charge in [-0.05, 0) is 36.8 Å². The SMILES string of the molecule is C=C(NC(=O)c1ccc(OCC)cc1)c1ccccc1. The van der Waals surface area contributed by atoms with E-state index in [-0.39, 0.29) is 5.91 Å². The van der Waals surface area contributed by atoms with E-state index in [2.05, 4.69) is 11.9 Å². The molecule has 0 aromatic heterocycles. The molecule has 0 aliphatic heterocycles. The average molecular weight is 267 g/mol. The lowest BCUT2D eigenvalue weighted by Crippen LogP contribution is -2.21. The Morgan fingerprint density at radius 1 is 1.05 bits per heavy atom. The van der Waals surface area contributed by atoms with Gasteiger partial charge in [0.1, 0.15) is 5.75 Å². The molecule has 20 heavy (non-hydrogen) atoms. The number of amides is 1. The molecule has 0 spiro atoms. The van der Waals surface area contributed by atoms with E-state index in [0.717, 1.165) is 11.3 Å². The molecule has 0 fully saturated rings. The Kier molecular flexibility index (Phi) is 4.56. The largest absolute Gasteiger partial charge is 0.494 e. The van der Waals surface area contributed by atoms with Crippen molar-refractivity contribution in [1.29, 1.82) is 0 Å². The van der Waals surface area contributed by atoms with Crippen molar-refractivity contribution < 1.29 is 9.53 Å². The molecule has 0 radical (unpaired) electrons. The standard InChI is InChI=1S/C17H17NO2/c1-3-20-16-11-9-15(10-12-16)17(19)18-13(2)14-7-5-4-6-8-14/h4-12H,2-3H2,1H3,(H,18,19). The van der Waals surface area contributed by atoms with Crippen molar-refractivity contribution in [3.05, 3.63) is 72.3 Å². The zero-order chi connectivity index (χ0) is 14.4. The maximum Gasteiger partial charge on any atom is 0.255 e. The summed E-state index contributed by atoms with van der Waals surface area (Å²) in [7, 11) is 0. The van der Waals surface area contributed by atoms with Gasteiger partial charge in [-0.2, -0.15) is 0 Å². The zero-order valence-corrected chi connectivity index (χ0v) is 11.4. The minimum atomic E-state index is -0.179. The smallest absolute Gasteiger partial charge is 0.255 e. The predicted octanol–water partition coefficient (Wildman–Crippen LogP) is 3.49. The number of hydrogen-bond donors (Lipinski definition) is 1. The maximum atomic E-state index is 12.1. The van der Waals surface area contributed by atoms with E-state index in [1.807, 2.05) is 37.3 Å². The second-order valence-electron chi connectivity index (χ2n) is 4.26. The van der Waals surface area contributed by atoms with E-state index < -0.39 is 0 Å². The number of carbonyl (C=O) groups excluding carboxylic acids is 1. The Hall–Kier alpha value is -2.55. The maximum absolute atomic E-state index is 12.1. The Balaban J connectivity index is 2.03. The number of ether oxygens (including phenoxy) is 1. The van der Waals surface area contributed by atoms with Gasteiger partial charge in [0.2, 0.25) is 0 Å². The highest BCUT2D eigenvalue weighted by molar-refractivity contribution is 5.99. The molecule has 2 rings (SSSR count). The molecule has 3 heteroatoms. The number of carbonyl (C=O) groups is 1. The first-order chi connectivity index (χ1) is 9.70. The molecule has 3 nitrogen and oxygen atoms in total. The molecule has 0 unspecified atom stereocenters. The molecule has 0 aliphatic rings. The van der Waals surface area contributed by atoms with Gasteiger partial charge in [0.05, 0.1) is 6.61 Å². The van der Waals surface area contributed by atoms with Crippen molar-refractivity contribution in [2.24, 2.45) is 0 Å². The van der Waals surface area contributed by atoms with Crippen molar-refractivity contribution in [1.82, 2.24) is 5.32 Å². The van der Waals surface area contributed by atoms with Crippen LogP contribution in [0.15, 0.2) is 61.2 Å². The normalized spacial score (nSPS) is 9.85. The van der Waals surface area contributed by atoms with Gasteiger partial charge in [0.25, 0.3) is 5.91 Å². The summed E-state index contributed by atoms with van der Waals surface area (Å²) in [4.78, 5) is 12.1. The van der Waals surface area contributed by atoms with Crippen LogP contribution in [-0.2, 0) is 0 Å². The lowest BCUT2D eigenvalue weighted by Gasteiger charge is -2.09. The number of benzene rings is 2. The highest BCUT2D eigenvalue weighted by atomic mass is 16.5. The molecule has 0 atom stereocenters. The molecule has 1 N–H and O–H groups in total. The van der Waals surface area contributed by atoms with Crippen molar-refractivity contribution in [2.45, 2.75) is 6.92 Å². The third kappa shape index (κ3) is 3.48. The van der Waals surface area contributed by atoms with Crippen LogP contribution in [0.5, 0.6) is 5.75 Å². The predicted molar refractivity (Wildman–Crippen MR) is 80.6 cm³/mol. The summed E-state index contributed by atoms with van der Waals surface area (Å²) < 4.78 is 5.34. The van der Waals surface area contributed by atoms with Crippen molar-refractivity contribution in [2.75, 3.05) is 6.61 Å². The van der Waals surface area contributed by atoms with Crippen LogP contribution < -0.4 is 10.1 Å². The molecule has 2 aromatic carbocycles. The molecule has 0 bridgehead atoms. The quantitative estimate of drug-likeness (QED) is 0.900. The van der Waals surface area contributed by atoms with Gasteiger partial charge in [-0.15, -0.1) is 0 Å². The monoisotopic (exact) mass is 267 g/mol. The van der Waals surface area contributed by atoms with E-state index in [4.69, 9.17) is 4.74 Å². The van der Waals surface area contributed by atoms with Crippen molar-refractivity contribution in [3.8, 4) is 5.75 Å².